The van der Waals surface area contributed by atoms with Gasteiger partial charge in [0.05, 0.1) is 5.56 Å². The zero-order valence-corrected chi connectivity index (χ0v) is 11.2. The first-order chi connectivity index (χ1) is 8.54. The highest BCUT2D eigenvalue weighted by Crippen LogP contribution is 2.10. The Kier molecular flexibility index (Phi) is 5.82. The second-order valence-corrected chi connectivity index (χ2v) is 4.55. The molecular weight excluding hydrogens is 230 g/mol. The molecule has 0 bridgehead atoms. The van der Waals surface area contributed by atoms with Gasteiger partial charge in [-0.3, -0.25) is 4.90 Å². The molecule has 0 heterocycles. The van der Waals surface area contributed by atoms with Crippen LogP contribution in [-0.2, 0) is 11.3 Å². The monoisotopic (exact) mass is 251 g/mol. The molecule has 1 aromatic rings. The Hall–Kier alpha value is -1.39. The molecule has 1 N–H and O–H groups in total. The number of aromatic carboxylic acids is 1. The lowest BCUT2D eigenvalue weighted by molar-refractivity contribution is 0.0697. The van der Waals surface area contributed by atoms with Gasteiger partial charge in [-0.1, -0.05) is 12.1 Å². The summed E-state index contributed by atoms with van der Waals surface area (Å²) in [6, 6.07) is 7.45. The molecule has 1 unspecified atom stereocenters. The summed E-state index contributed by atoms with van der Waals surface area (Å²) in [6.07, 6.45) is 0.986. The fourth-order valence-corrected chi connectivity index (χ4v) is 1.71. The van der Waals surface area contributed by atoms with Crippen LogP contribution in [0.1, 0.15) is 29.3 Å². The Morgan fingerprint density at radius 2 is 2.00 bits per heavy atom. The molecule has 0 fully saturated rings. The Labute approximate surface area is 108 Å². The Morgan fingerprint density at radius 3 is 2.50 bits per heavy atom. The summed E-state index contributed by atoms with van der Waals surface area (Å²) >= 11 is 0. The molecule has 4 nitrogen and oxygen atoms in total. The number of carbonyl (C=O) groups is 1. The minimum Gasteiger partial charge on any atom is -0.478 e. The van der Waals surface area contributed by atoms with Crippen LogP contribution in [0.2, 0.25) is 0 Å². The van der Waals surface area contributed by atoms with Gasteiger partial charge in [0, 0.05) is 26.3 Å². The van der Waals surface area contributed by atoms with Gasteiger partial charge in [0.2, 0.25) is 0 Å². The van der Waals surface area contributed by atoms with Crippen LogP contribution in [0.5, 0.6) is 0 Å². The van der Waals surface area contributed by atoms with Crippen LogP contribution in [0, 0.1) is 0 Å². The van der Waals surface area contributed by atoms with Crippen molar-refractivity contribution in [2.24, 2.45) is 0 Å². The normalized spacial score (nSPS) is 12.7. The van der Waals surface area contributed by atoms with E-state index in [1.807, 2.05) is 12.1 Å². The van der Waals surface area contributed by atoms with Crippen molar-refractivity contribution in [1.82, 2.24) is 4.90 Å². The molecule has 1 atom stereocenters. The van der Waals surface area contributed by atoms with Crippen LogP contribution in [0.4, 0.5) is 0 Å². The first-order valence-electron chi connectivity index (χ1n) is 6.06. The summed E-state index contributed by atoms with van der Waals surface area (Å²) in [6.45, 7) is 3.72. The van der Waals surface area contributed by atoms with E-state index in [4.69, 9.17) is 9.84 Å². The topological polar surface area (TPSA) is 49.8 Å². The summed E-state index contributed by atoms with van der Waals surface area (Å²) in [4.78, 5) is 13.0. The molecule has 0 saturated carbocycles. The van der Waals surface area contributed by atoms with Crippen molar-refractivity contribution in [2.75, 3.05) is 20.8 Å². The summed E-state index contributed by atoms with van der Waals surface area (Å²) < 4.78 is 5.06. The molecule has 0 aliphatic rings. The third kappa shape index (κ3) is 4.47. The summed E-state index contributed by atoms with van der Waals surface area (Å²) in [5.74, 6) is -0.886. The van der Waals surface area contributed by atoms with Crippen molar-refractivity contribution in [3.63, 3.8) is 0 Å². The van der Waals surface area contributed by atoms with Crippen molar-refractivity contribution in [2.45, 2.75) is 25.9 Å². The largest absolute Gasteiger partial charge is 0.478 e. The molecule has 0 aliphatic heterocycles. The van der Waals surface area contributed by atoms with E-state index < -0.39 is 5.97 Å². The van der Waals surface area contributed by atoms with Crippen LogP contribution in [0.3, 0.4) is 0 Å². The minimum absolute atomic E-state index is 0.328. The molecule has 4 heteroatoms. The Bertz CT molecular complexity index is 375. The lowest BCUT2D eigenvalue weighted by atomic mass is 10.1. The smallest absolute Gasteiger partial charge is 0.335 e. The quantitative estimate of drug-likeness (QED) is 0.807. The first kappa shape index (κ1) is 14.7. The zero-order valence-electron chi connectivity index (χ0n) is 11.2. The minimum atomic E-state index is -0.886. The second kappa shape index (κ2) is 7.13. The maximum atomic E-state index is 10.7. The molecule has 0 aliphatic carbocycles. The molecule has 1 aromatic carbocycles. The van der Waals surface area contributed by atoms with Gasteiger partial charge in [0.25, 0.3) is 0 Å². The molecule has 0 saturated heterocycles. The maximum absolute atomic E-state index is 10.7. The lowest BCUT2D eigenvalue weighted by Gasteiger charge is -2.24. The molecule has 0 radical (unpaired) electrons. The third-order valence-electron chi connectivity index (χ3n) is 3.13. The van der Waals surface area contributed by atoms with E-state index in [1.165, 1.54) is 0 Å². The fourth-order valence-electron chi connectivity index (χ4n) is 1.71. The number of benzene rings is 1. The van der Waals surface area contributed by atoms with E-state index in [-0.39, 0.29) is 0 Å². The predicted octanol–water partition coefficient (Wildman–Crippen LogP) is 2.24. The fraction of sp³-hybridized carbons (Fsp3) is 0.500. The first-order valence-corrected chi connectivity index (χ1v) is 6.06. The number of hydrogen-bond donors (Lipinski definition) is 1. The number of ether oxygens (including phenoxy) is 1. The highest BCUT2D eigenvalue weighted by Gasteiger charge is 2.09. The van der Waals surface area contributed by atoms with Gasteiger partial charge < -0.3 is 9.84 Å². The lowest BCUT2D eigenvalue weighted by Crippen LogP contribution is -2.29. The van der Waals surface area contributed by atoms with Crippen molar-refractivity contribution in [3.05, 3.63) is 35.4 Å². The van der Waals surface area contributed by atoms with Crippen LogP contribution >= 0.6 is 0 Å². The van der Waals surface area contributed by atoms with Crippen LogP contribution in [0.15, 0.2) is 24.3 Å². The van der Waals surface area contributed by atoms with E-state index in [0.29, 0.717) is 11.6 Å². The average Bonchev–Trinajstić information content (AvgIpc) is 2.36. The Balaban J connectivity index is 2.53. The molecule has 0 amide bonds. The van der Waals surface area contributed by atoms with E-state index in [2.05, 4.69) is 18.9 Å². The molecule has 0 spiro atoms. The van der Waals surface area contributed by atoms with E-state index in [1.54, 1.807) is 19.2 Å². The zero-order chi connectivity index (χ0) is 13.5. The molecule has 1 rings (SSSR count). The average molecular weight is 251 g/mol. The van der Waals surface area contributed by atoms with Gasteiger partial charge in [-0.15, -0.1) is 0 Å². The van der Waals surface area contributed by atoms with Gasteiger partial charge in [0.15, 0.2) is 0 Å². The van der Waals surface area contributed by atoms with Crippen LogP contribution in [0.25, 0.3) is 0 Å². The second-order valence-electron chi connectivity index (χ2n) is 4.55. The summed E-state index contributed by atoms with van der Waals surface area (Å²) in [5, 5.41) is 8.82. The van der Waals surface area contributed by atoms with E-state index in [9.17, 15) is 4.79 Å². The number of methoxy groups -OCH3 is 1. The number of nitrogens with zero attached hydrogens (tertiary/aromatic N) is 1. The standard InChI is InChI=1S/C14H21NO3/c1-11(8-9-18-3)15(2)10-12-4-6-13(7-5-12)14(16)17/h4-7,11H,8-10H2,1-3H3,(H,16,17). The van der Waals surface area contributed by atoms with Crippen LogP contribution in [-0.4, -0.2) is 42.8 Å². The highest BCUT2D eigenvalue weighted by atomic mass is 16.5. The van der Waals surface area contributed by atoms with Crippen LogP contribution < -0.4 is 0 Å². The number of carboxylic acid groups (broad SMARTS) is 1. The molecule has 0 aromatic heterocycles. The van der Waals surface area contributed by atoms with Gasteiger partial charge >= 0.3 is 5.97 Å². The van der Waals surface area contributed by atoms with E-state index >= 15 is 0 Å². The number of carboxylic acids is 1. The molecule has 18 heavy (non-hydrogen) atoms. The van der Waals surface area contributed by atoms with Crippen molar-refractivity contribution in [3.8, 4) is 0 Å². The van der Waals surface area contributed by atoms with Crippen molar-refractivity contribution >= 4 is 5.97 Å². The maximum Gasteiger partial charge on any atom is 0.335 e. The van der Waals surface area contributed by atoms with Crippen molar-refractivity contribution in [1.29, 1.82) is 0 Å². The molecule has 100 valence electrons. The van der Waals surface area contributed by atoms with Crippen molar-refractivity contribution < 1.29 is 14.6 Å². The summed E-state index contributed by atoms with van der Waals surface area (Å²) in [5.41, 5.74) is 1.45. The predicted molar refractivity (Wildman–Crippen MR) is 70.8 cm³/mol. The number of hydrogen-bond acceptors (Lipinski definition) is 3. The SMILES string of the molecule is COCCC(C)N(C)Cc1ccc(C(=O)O)cc1. The van der Waals surface area contributed by atoms with Gasteiger partial charge in [-0.2, -0.15) is 0 Å². The highest BCUT2D eigenvalue weighted by molar-refractivity contribution is 5.87. The molecular formula is C14H21NO3. The van der Waals surface area contributed by atoms with E-state index in [0.717, 1.165) is 25.1 Å². The Morgan fingerprint density at radius 1 is 1.39 bits per heavy atom. The van der Waals surface area contributed by atoms with Gasteiger partial charge in [-0.05, 0) is 38.1 Å². The van der Waals surface area contributed by atoms with Gasteiger partial charge in [-0.25, -0.2) is 4.79 Å². The third-order valence-corrected chi connectivity index (χ3v) is 3.13. The summed E-state index contributed by atoms with van der Waals surface area (Å²) in [7, 11) is 3.77. The number of rotatable bonds is 7. The van der Waals surface area contributed by atoms with Gasteiger partial charge in [0.1, 0.15) is 0 Å².